The number of hydrogen-bond acceptors (Lipinski definition) is 11. The van der Waals surface area contributed by atoms with E-state index in [9.17, 15) is 33.6 Å². The molecule has 0 bridgehead atoms. The summed E-state index contributed by atoms with van der Waals surface area (Å²) in [6, 6.07) is 8.47. The van der Waals surface area contributed by atoms with Gasteiger partial charge in [-0.3, -0.25) is 49.1 Å². The number of rotatable bonds is 14. The highest BCUT2D eigenvalue weighted by atomic mass is 16.2. The molecule has 2 unspecified atom stereocenters. The van der Waals surface area contributed by atoms with Gasteiger partial charge in [-0.05, 0) is 49.9 Å². The first kappa shape index (κ1) is 33.4. The van der Waals surface area contributed by atoms with Gasteiger partial charge < -0.3 is 10.6 Å². The number of benzene rings is 2. The maximum atomic E-state index is 13.3. The molecule has 0 aliphatic carbocycles. The highest BCUT2D eigenvalue weighted by Gasteiger charge is 2.45. The Morgan fingerprint density at radius 1 is 0.673 bits per heavy atom. The maximum absolute atomic E-state index is 13.3. The van der Waals surface area contributed by atoms with Crippen LogP contribution in [0.3, 0.4) is 0 Å². The molecule has 2 fully saturated rings. The van der Waals surface area contributed by atoms with Crippen molar-refractivity contribution in [1.29, 1.82) is 0 Å². The van der Waals surface area contributed by atoms with Gasteiger partial charge in [0.15, 0.2) is 0 Å². The zero-order chi connectivity index (χ0) is 34.5. The van der Waals surface area contributed by atoms with Gasteiger partial charge in [0.1, 0.15) is 17.6 Å². The van der Waals surface area contributed by atoms with E-state index in [1.54, 1.807) is 36.4 Å². The summed E-state index contributed by atoms with van der Waals surface area (Å²) in [6.07, 6.45) is 7.47. The van der Waals surface area contributed by atoms with Crippen molar-refractivity contribution >= 4 is 57.7 Å². The molecule has 1 aromatic heterocycles. The highest BCUT2D eigenvalue weighted by Crippen LogP contribution is 2.32. The standard InChI is InChI=1S/C34H38N8O7/c43-26-16-14-24(30(45)37-26)41-32(47)20-10-8-11-21(28(20)33(41)48)35-18-6-4-2-1-3-5-7-19-36-22-12-9-13-23-29(22)34(49)42(40-39-23)25-15-17-27(44)38-31(25)46/h8-13,24-25,35-36H,1-7,14-19H2,(H,37,43,45)(H,38,44,46). The van der Waals surface area contributed by atoms with E-state index < -0.39 is 47.2 Å². The summed E-state index contributed by atoms with van der Waals surface area (Å²) in [4.78, 5) is 88.3. The summed E-state index contributed by atoms with van der Waals surface area (Å²) >= 11 is 0. The SMILES string of the molecule is O=C1CCC(N2C(=O)c3cccc(NCCCCCCCCCNc4cccc5nnn(C6CCC(=O)NC6=O)c(=O)c45)c3C2=O)C(=O)N1. The van der Waals surface area contributed by atoms with Gasteiger partial charge >= 0.3 is 0 Å². The molecule has 3 aromatic rings. The normalized spacial score (nSPS) is 19.2. The fraction of sp³-hybridized carbons (Fsp3) is 0.441. The van der Waals surface area contributed by atoms with Crippen LogP contribution in [0.25, 0.3) is 10.9 Å². The molecule has 49 heavy (non-hydrogen) atoms. The molecular formula is C34H38N8O7. The summed E-state index contributed by atoms with van der Waals surface area (Å²) in [5, 5.41) is 19.6. The van der Waals surface area contributed by atoms with Crippen LogP contribution < -0.4 is 26.8 Å². The van der Waals surface area contributed by atoms with Crippen molar-refractivity contribution in [1.82, 2.24) is 30.5 Å². The number of anilines is 2. The second kappa shape index (κ2) is 14.7. The Morgan fingerprint density at radius 2 is 1.24 bits per heavy atom. The van der Waals surface area contributed by atoms with Gasteiger partial charge in [0.05, 0.1) is 16.5 Å². The number of hydrogen-bond donors (Lipinski definition) is 4. The second-order valence-corrected chi connectivity index (χ2v) is 12.5. The molecule has 2 atom stereocenters. The minimum absolute atomic E-state index is 0.0753. The number of nitrogens with zero attached hydrogens (tertiary/aromatic N) is 4. The molecule has 3 aliphatic rings. The Hall–Kier alpha value is -5.47. The number of aromatic nitrogens is 3. The lowest BCUT2D eigenvalue weighted by molar-refractivity contribution is -0.137. The van der Waals surface area contributed by atoms with Crippen LogP contribution in [-0.2, 0) is 19.2 Å². The van der Waals surface area contributed by atoms with E-state index in [4.69, 9.17) is 0 Å². The molecule has 2 saturated heterocycles. The average molecular weight is 671 g/mol. The number of carbonyl (C=O) groups is 6. The van der Waals surface area contributed by atoms with E-state index in [-0.39, 0.29) is 42.7 Å². The van der Waals surface area contributed by atoms with Crippen molar-refractivity contribution in [3.63, 3.8) is 0 Å². The van der Waals surface area contributed by atoms with E-state index >= 15 is 0 Å². The minimum Gasteiger partial charge on any atom is -0.384 e. The molecule has 0 radical (unpaired) electrons. The van der Waals surface area contributed by atoms with Gasteiger partial charge in [-0.25, -0.2) is 0 Å². The Balaban J connectivity index is 0.907. The Labute approximate surface area is 281 Å². The second-order valence-electron chi connectivity index (χ2n) is 12.5. The largest absolute Gasteiger partial charge is 0.384 e. The van der Waals surface area contributed by atoms with Crippen molar-refractivity contribution in [2.75, 3.05) is 23.7 Å². The molecule has 2 aromatic carbocycles. The van der Waals surface area contributed by atoms with E-state index in [1.807, 2.05) is 0 Å². The van der Waals surface area contributed by atoms with Crippen LogP contribution in [0.1, 0.15) is 97.4 Å². The number of imide groups is 3. The van der Waals surface area contributed by atoms with Crippen LogP contribution in [0.5, 0.6) is 0 Å². The predicted molar refractivity (Wildman–Crippen MR) is 178 cm³/mol. The minimum atomic E-state index is -0.994. The predicted octanol–water partition coefficient (Wildman–Crippen LogP) is 2.43. The van der Waals surface area contributed by atoms with Crippen LogP contribution in [0.15, 0.2) is 41.2 Å². The lowest BCUT2D eigenvalue weighted by Gasteiger charge is -2.27. The summed E-state index contributed by atoms with van der Waals surface area (Å²) in [5.74, 6) is -3.00. The molecule has 4 heterocycles. The summed E-state index contributed by atoms with van der Waals surface area (Å²) in [6.45, 7) is 1.29. The first-order chi connectivity index (χ1) is 23.7. The molecule has 256 valence electrons. The average Bonchev–Trinajstić information content (AvgIpc) is 3.33. The Morgan fingerprint density at radius 3 is 1.90 bits per heavy atom. The van der Waals surface area contributed by atoms with E-state index in [1.165, 1.54) is 0 Å². The molecule has 15 heteroatoms. The number of amides is 6. The Kier molecular flexibility index (Phi) is 10.1. The molecule has 0 spiro atoms. The Bertz CT molecular complexity index is 1890. The van der Waals surface area contributed by atoms with Crippen molar-refractivity contribution in [3.8, 4) is 0 Å². The quantitative estimate of drug-likeness (QED) is 0.145. The molecular weight excluding hydrogens is 632 g/mol. The lowest BCUT2D eigenvalue weighted by Crippen LogP contribution is -2.54. The lowest BCUT2D eigenvalue weighted by atomic mass is 10.0. The van der Waals surface area contributed by atoms with Crippen LogP contribution >= 0.6 is 0 Å². The van der Waals surface area contributed by atoms with Crippen molar-refractivity contribution in [2.45, 2.75) is 82.7 Å². The molecule has 4 N–H and O–H groups in total. The highest BCUT2D eigenvalue weighted by molar-refractivity contribution is 6.25. The first-order valence-electron chi connectivity index (χ1n) is 16.8. The van der Waals surface area contributed by atoms with E-state index in [2.05, 4.69) is 31.6 Å². The fourth-order valence-electron chi connectivity index (χ4n) is 6.61. The van der Waals surface area contributed by atoms with Crippen molar-refractivity contribution < 1.29 is 28.8 Å². The summed E-state index contributed by atoms with van der Waals surface area (Å²) in [7, 11) is 0. The summed E-state index contributed by atoms with van der Waals surface area (Å²) in [5.41, 5.74) is 1.72. The van der Waals surface area contributed by atoms with Crippen LogP contribution in [0.2, 0.25) is 0 Å². The molecule has 15 nitrogen and oxygen atoms in total. The van der Waals surface area contributed by atoms with Crippen LogP contribution in [0.4, 0.5) is 11.4 Å². The van der Waals surface area contributed by atoms with E-state index in [0.717, 1.165) is 54.5 Å². The number of fused-ring (bicyclic) bond motifs is 2. The van der Waals surface area contributed by atoms with Gasteiger partial charge in [0.2, 0.25) is 17.7 Å². The number of carbonyl (C=O) groups excluding carboxylic acids is 6. The maximum Gasteiger partial charge on any atom is 0.280 e. The fourth-order valence-corrected chi connectivity index (χ4v) is 6.61. The molecule has 3 aliphatic heterocycles. The van der Waals surface area contributed by atoms with Gasteiger partial charge in [-0.2, -0.15) is 4.68 Å². The van der Waals surface area contributed by atoms with Gasteiger partial charge in [-0.1, -0.05) is 49.5 Å². The molecule has 0 saturated carbocycles. The molecule has 6 rings (SSSR count). The van der Waals surface area contributed by atoms with Gasteiger partial charge in [0.25, 0.3) is 23.3 Å². The smallest absolute Gasteiger partial charge is 0.280 e. The van der Waals surface area contributed by atoms with Crippen LogP contribution in [0, 0.1) is 0 Å². The third-order valence-electron chi connectivity index (χ3n) is 9.17. The van der Waals surface area contributed by atoms with Crippen LogP contribution in [-0.4, -0.2) is 74.5 Å². The monoisotopic (exact) mass is 670 g/mol. The third kappa shape index (κ3) is 7.05. The third-order valence-corrected chi connectivity index (χ3v) is 9.17. The summed E-state index contributed by atoms with van der Waals surface area (Å²) < 4.78 is 1.06. The van der Waals surface area contributed by atoms with Crippen molar-refractivity contribution in [2.24, 2.45) is 0 Å². The van der Waals surface area contributed by atoms with E-state index in [0.29, 0.717) is 35.4 Å². The topological polar surface area (TPSA) is 202 Å². The zero-order valence-electron chi connectivity index (χ0n) is 27.0. The number of piperidine rings is 2. The molecule has 6 amide bonds. The number of unbranched alkanes of at least 4 members (excludes halogenated alkanes) is 6. The van der Waals surface area contributed by atoms with Crippen molar-refractivity contribution in [3.05, 3.63) is 57.9 Å². The number of nitrogens with one attached hydrogen (secondary N) is 4. The first-order valence-corrected chi connectivity index (χ1v) is 16.8. The van der Waals surface area contributed by atoms with Gasteiger partial charge in [-0.15, -0.1) is 5.10 Å². The zero-order valence-corrected chi connectivity index (χ0v) is 27.0. The van der Waals surface area contributed by atoms with Gasteiger partial charge in [0, 0.05) is 37.3 Å².